The predicted octanol–water partition coefficient (Wildman–Crippen LogP) is 4.62. The molecule has 2 fully saturated rings. The Hall–Kier alpha value is -2.45. The summed E-state index contributed by atoms with van der Waals surface area (Å²) >= 11 is 0. The molecule has 8 nitrogen and oxygen atoms in total. The van der Waals surface area contributed by atoms with Gasteiger partial charge in [0.2, 0.25) is 12.6 Å². The van der Waals surface area contributed by atoms with Crippen LogP contribution in [0.25, 0.3) is 0 Å². The molecule has 1 saturated heterocycles. The van der Waals surface area contributed by atoms with Crippen molar-refractivity contribution in [2.75, 3.05) is 0 Å². The van der Waals surface area contributed by atoms with E-state index < -0.39 is 47.6 Å². The van der Waals surface area contributed by atoms with Crippen molar-refractivity contribution in [1.29, 1.82) is 0 Å². The van der Waals surface area contributed by atoms with E-state index in [1.54, 1.807) is 12.2 Å². The first kappa shape index (κ1) is 29.1. The monoisotopic (exact) mass is 518 g/mol. The summed E-state index contributed by atoms with van der Waals surface area (Å²) in [7, 11) is 0. The molecule has 1 N–H and O–H groups in total. The first-order chi connectivity index (χ1) is 17.3. The van der Waals surface area contributed by atoms with E-state index in [1.165, 1.54) is 13.8 Å². The minimum atomic E-state index is -1.18. The third-order valence-corrected chi connectivity index (χ3v) is 8.95. The second-order valence-electron chi connectivity index (χ2n) is 11.2. The zero-order valence-electron chi connectivity index (χ0n) is 23.0. The summed E-state index contributed by atoms with van der Waals surface area (Å²) in [5, 5.41) is 11.7. The molecular weight excluding hydrogens is 476 g/mol. The summed E-state index contributed by atoms with van der Waals surface area (Å²) in [5.74, 6) is -1.99. The van der Waals surface area contributed by atoms with Crippen LogP contribution in [0, 0.1) is 28.6 Å². The number of ether oxygens (including phenoxy) is 4. The molecule has 0 radical (unpaired) electrons. The molecule has 3 rings (SSSR count). The van der Waals surface area contributed by atoms with E-state index >= 15 is 0 Å². The smallest absolute Gasteiger partial charge is 0.309 e. The molecule has 1 aliphatic heterocycles. The third-order valence-electron chi connectivity index (χ3n) is 8.95. The normalized spacial score (nSPS) is 37.3. The zero-order valence-corrected chi connectivity index (χ0v) is 23.0. The molecule has 1 saturated carbocycles. The molecule has 9 atom stereocenters. The van der Waals surface area contributed by atoms with Gasteiger partial charge in [-0.3, -0.25) is 19.1 Å². The molecule has 5 unspecified atom stereocenters. The van der Waals surface area contributed by atoms with Crippen LogP contribution in [0.4, 0.5) is 0 Å². The standard InChI is InChI=1S/C29H42O8/c1-9-16(3)11-12-28(8)18(5)13-24(32)29-22(26(34-19(6)30)37-27(29)35-20(7)31)14-21(15-23(28)29)36-25(33)17(4)10-2/h9,14,17-18,21,23-24,26-27,32H,1,3,10-13,15H2,2,4-8H3/t17-,18?,21-,23?,24?,26-,27+,28?,29?/m0/s1. The number of aliphatic hydroxyl groups is 1. The molecular formula is C29H42O8. The Morgan fingerprint density at radius 1 is 1.22 bits per heavy atom. The molecule has 1 heterocycles. The molecule has 2 aliphatic carbocycles. The first-order valence-corrected chi connectivity index (χ1v) is 13.2. The second kappa shape index (κ2) is 11.1. The molecule has 0 aromatic carbocycles. The fourth-order valence-electron chi connectivity index (χ4n) is 6.45. The highest BCUT2D eigenvalue weighted by Gasteiger charge is 2.71. The van der Waals surface area contributed by atoms with E-state index in [1.807, 2.05) is 13.8 Å². The van der Waals surface area contributed by atoms with E-state index in [-0.39, 0.29) is 23.7 Å². The SMILES string of the molecule is C=CC(=C)CCC1(C)C(C)CC(O)C23C(=C[C@H](OC(=O)[C@@H](C)CC)CC12)[C@@H](OC(C)=O)O[C@H]3OC(C)=O. The summed E-state index contributed by atoms with van der Waals surface area (Å²) in [6, 6.07) is 0. The predicted molar refractivity (Wildman–Crippen MR) is 137 cm³/mol. The average molecular weight is 519 g/mol. The number of aliphatic hydroxyl groups excluding tert-OH is 1. The summed E-state index contributed by atoms with van der Waals surface area (Å²) in [4.78, 5) is 37.0. The van der Waals surface area contributed by atoms with Gasteiger partial charge >= 0.3 is 17.9 Å². The van der Waals surface area contributed by atoms with Gasteiger partial charge < -0.3 is 19.3 Å². The topological polar surface area (TPSA) is 108 Å². The Kier molecular flexibility index (Phi) is 8.75. The lowest BCUT2D eigenvalue weighted by Gasteiger charge is -2.60. The maximum Gasteiger partial charge on any atom is 0.309 e. The van der Waals surface area contributed by atoms with Crippen molar-refractivity contribution >= 4 is 17.9 Å². The van der Waals surface area contributed by atoms with Crippen LogP contribution in [-0.2, 0) is 33.3 Å². The number of carbonyl (C=O) groups excluding carboxylic acids is 3. The molecule has 8 heteroatoms. The van der Waals surface area contributed by atoms with Crippen molar-refractivity contribution in [3.63, 3.8) is 0 Å². The minimum absolute atomic E-state index is 0.0757. The number of esters is 3. The van der Waals surface area contributed by atoms with Crippen molar-refractivity contribution in [2.45, 2.75) is 98.4 Å². The third kappa shape index (κ3) is 5.28. The van der Waals surface area contributed by atoms with Crippen molar-refractivity contribution in [1.82, 2.24) is 0 Å². The van der Waals surface area contributed by atoms with Gasteiger partial charge in [0.25, 0.3) is 0 Å². The summed E-state index contributed by atoms with van der Waals surface area (Å²) in [5.41, 5.74) is -0.169. The molecule has 0 aromatic rings. The van der Waals surface area contributed by atoms with E-state index in [0.717, 1.165) is 12.0 Å². The van der Waals surface area contributed by atoms with Crippen LogP contribution in [0.3, 0.4) is 0 Å². The minimum Gasteiger partial charge on any atom is -0.458 e. The fraction of sp³-hybridized carbons (Fsp3) is 0.690. The van der Waals surface area contributed by atoms with Gasteiger partial charge in [-0.25, -0.2) is 0 Å². The van der Waals surface area contributed by atoms with Crippen molar-refractivity contribution in [3.05, 3.63) is 36.5 Å². The fourth-order valence-corrected chi connectivity index (χ4v) is 6.45. The van der Waals surface area contributed by atoms with E-state index in [0.29, 0.717) is 31.3 Å². The largest absolute Gasteiger partial charge is 0.458 e. The van der Waals surface area contributed by atoms with Crippen molar-refractivity contribution in [3.8, 4) is 0 Å². The van der Waals surface area contributed by atoms with Crippen LogP contribution in [0.2, 0.25) is 0 Å². The van der Waals surface area contributed by atoms with Crippen LogP contribution < -0.4 is 0 Å². The van der Waals surface area contributed by atoms with Gasteiger partial charge in [0.15, 0.2) is 0 Å². The van der Waals surface area contributed by atoms with Gasteiger partial charge in [0.05, 0.1) is 17.4 Å². The number of hydrogen-bond donors (Lipinski definition) is 1. The Morgan fingerprint density at radius 3 is 2.43 bits per heavy atom. The van der Waals surface area contributed by atoms with Gasteiger partial charge in [-0.15, -0.1) is 0 Å². The molecule has 1 spiro atoms. The second-order valence-corrected chi connectivity index (χ2v) is 11.2. The quantitative estimate of drug-likeness (QED) is 0.204. The van der Waals surface area contributed by atoms with Crippen LogP contribution in [0.15, 0.2) is 36.5 Å². The van der Waals surface area contributed by atoms with E-state index in [9.17, 15) is 19.5 Å². The van der Waals surface area contributed by atoms with Gasteiger partial charge in [-0.05, 0) is 55.4 Å². The lowest BCUT2D eigenvalue weighted by atomic mass is 9.45. The number of allylic oxidation sites excluding steroid dienone is 2. The molecule has 37 heavy (non-hydrogen) atoms. The van der Waals surface area contributed by atoms with Gasteiger partial charge in [-0.1, -0.05) is 52.5 Å². The van der Waals surface area contributed by atoms with Gasteiger partial charge in [0, 0.05) is 19.4 Å². The molecule has 0 bridgehead atoms. The highest BCUT2D eigenvalue weighted by molar-refractivity contribution is 5.72. The molecule has 0 aromatic heterocycles. The Morgan fingerprint density at radius 2 is 1.86 bits per heavy atom. The van der Waals surface area contributed by atoms with Crippen molar-refractivity contribution in [2.24, 2.45) is 28.6 Å². The van der Waals surface area contributed by atoms with Crippen LogP contribution >= 0.6 is 0 Å². The zero-order chi connectivity index (χ0) is 27.7. The lowest BCUT2D eigenvalue weighted by Crippen LogP contribution is -2.63. The average Bonchev–Trinajstić information content (AvgIpc) is 3.12. The van der Waals surface area contributed by atoms with Gasteiger partial charge in [-0.2, -0.15) is 0 Å². The number of rotatable bonds is 9. The van der Waals surface area contributed by atoms with E-state index in [2.05, 4.69) is 27.0 Å². The maximum atomic E-state index is 12.8. The number of carbonyl (C=O) groups is 3. The highest BCUT2D eigenvalue weighted by atomic mass is 16.8. The van der Waals surface area contributed by atoms with Crippen LogP contribution in [0.5, 0.6) is 0 Å². The number of hydrogen-bond acceptors (Lipinski definition) is 8. The Labute approximate surface area is 220 Å². The molecule has 206 valence electrons. The van der Waals surface area contributed by atoms with Crippen LogP contribution in [-0.4, -0.2) is 47.8 Å². The summed E-state index contributed by atoms with van der Waals surface area (Å²) in [6.07, 6.45) is 2.45. The first-order valence-electron chi connectivity index (χ1n) is 13.2. The van der Waals surface area contributed by atoms with E-state index in [4.69, 9.17) is 18.9 Å². The Balaban J connectivity index is 2.19. The molecule has 3 aliphatic rings. The van der Waals surface area contributed by atoms with Crippen molar-refractivity contribution < 1.29 is 38.4 Å². The molecule has 0 amide bonds. The lowest BCUT2D eigenvalue weighted by molar-refractivity contribution is -0.254. The Bertz CT molecular complexity index is 969. The van der Waals surface area contributed by atoms with Gasteiger partial charge in [0.1, 0.15) is 6.10 Å². The maximum absolute atomic E-state index is 12.8. The highest BCUT2D eigenvalue weighted by Crippen LogP contribution is 2.67. The summed E-state index contributed by atoms with van der Waals surface area (Å²) in [6.45, 7) is 18.5. The summed E-state index contributed by atoms with van der Waals surface area (Å²) < 4.78 is 23.2. The van der Waals surface area contributed by atoms with Crippen LogP contribution in [0.1, 0.15) is 73.6 Å².